The van der Waals surface area contributed by atoms with Crippen LogP contribution in [0.1, 0.15) is 22.3 Å². The minimum atomic E-state index is 0.0972. The quantitative estimate of drug-likeness (QED) is 0.813. The average Bonchev–Trinajstić information content (AvgIpc) is 2.49. The zero-order valence-electron chi connectivity index (χ0n) is 11.8. The van der Waals surface area contributed by atoms with Crippen molar-refractivity contribution in [1.82, 2.24) is 5.32 Å². The van der Waals surface area contributed by atoms with Crippen LogP contribution >= 0.6 is 0 Å². The highest BCUT2D eigenvalue weighted by molar-refractivity contribution is 5.24. The van der Waals surface area contributed by atoms with Crippen molar-refractivity contribution < 1.29 is 9.84 Å². The second-order valence-electron chi connectivity index (χ2n) is 4.83. The fourth-order valence-corrected chi connectivity index (χ4v) is 2.11. The third-order valence-corrected chi connectivity index (χ3v) is 3.17. The largest absolute Gasteiger partial charge is 0.392 e. The normalized spacial score (nSPS) is 10.7. The van der Waals surface area contributed by atoms with Crippen molar-refractivity contribution in [3.8, 4) is 0 Å². The van der Waals surface area contributed by atoms with Crippen LogP contribution in [0, 0.1) is 0 Å². The molecular formula is C17H21NO2. The Morgan fingerprint density at radius 1 is 0.900 bits per heavy atom. The Morgan fingerprint density at radius 2 is 1.55 bits per heavy atom. The van der Waals surface area contributed by atoms with Crippen LogP contribution < -0.4 is 5.32 Å². The van der Waals surface area contributed by atoms with Gasteiger partial charge >= 0.3 is 0 Å². The Balaban J connectivity index is 1.84. The van der Waals surface area contributed by atoms with Crippen molar-refractivity contribution in [1.29, 1.82) is 0 Å². The maximum Gasteiger partial charge on any atom is 0.0713 e. The van der Waals surface area contributed by atoms with Gasteiger partial charge in [0.05, 0.1) is 13.2 Å². The lowest BCUT2D eigenvalue weighted by molar-refractivity contribution is 0.185. The Bertz CT molecular complexity index is 523. The van der Waals surface area contributed by atoms with Crippen LogP contribution in [0.3, 0.4) is 0 Å². The molecule has 106 valence electrons. The lowest BCUT2D eigenvalue weighted by Crippen LogP contribution is -2.12. The molecule has 0 aliphatic carbocycles. The number of rotatable bonds is 7. The minimum absolute atomic E-state index is 0.0972. The molecule has 20 heavy (non-hydrogen) atoms. The van der Waals surface area contributed by atoms with Crippen LogP contribution in [-0.4, -0.2) is 12.2 Å². The molecule has 0 aliphatic heterocycles. The number of benzene rings is 2. The topological polar surface area (TPSA) is 41.5 Å². The highest BCUT2D eigenvalue weighted by atomic mass is 16.5. The second kappa shape index (κ2) is 7.80. The predicted molar refractivity (Wildman–Crippen MR) is 80.1 cm³/mol. The fourth-order valence-electron chi connectivity index (χ4n) is 2.11. The third kappa shape index (κ3) is 4.46. The van der Waals surface area contributed by atoms with Crippen LogP contribution in [0.5, 0.6) is 0 Å². The number of nitrogens with one attached hydrogen (secondary N) is 1. The summed E-state index contributed by atoms with van der Waals surface area (Å²) < 4.78 is 5.14. The van der Waals surface area contributed by atoms with Crippen LogP contribution in [0.25, 0.3) is 0 Å². The number of aliphatic hydroxyl groups excluding tert-OH is 1. The van der Waals surface area contributed by atoms with E-state index in [2.05, 4.69) is 29.6 Å². The molecule has 0 fully saturated rings. The smallest absolute Gasteiger partial charge is 0.0713 e. The second-order valence-corrected chi connectivity index (χ2v) is 4.83. The van der Waals surface area contributed by atoms with E-state index in [9.17, 15) is 0 Å². The van der Waals surface area contributed by atoms with Crippen LogP contribution in [0.4, 0.5) is 0 Å². The van der Waals surface area contributed by atoms with E-state index in [1.807, 2.05) is 24.3 Å². The molecule has 0 amide bonds. The van der Waals surface area contributed by atoms with Crippen molar-refractivity contribution in [2.24, 2.45) is 0 Å². The van der Waals surface area contributed by atoms with E-state index in [-0.39, 0.29) is 6.61 Å². The molecule has 3 nitrogen and oxygen atoms in total. The van der Waals surface area contributed by atoms with E-state index >= 15 is 0 Å². The van der Waals surface area contributed by atoms with Crippen LogP contribution in [-0.2, 0) is 31.0 Å². The number of hydrogen-bond donors (Lipinski definition) is 2. The number of ether oxygens (including phenoxy) is 1. The molecular weight excluding hydrogens is 250 g/mol. The number of hydrogen-bond acceptors (Lipinski definition) is 3. The standard InChI is InChI=1S/C17H21NO2/c1-20-13-17-4-2-3-16(9-17)11-18-10-14-5-7-15(12-19)8-6-14/h2-9,18-19H,10-13H2,1H3. The maximum absolute atomic E-state index is 9.00. The summed E-state index contributed by atoms with van der Waals surface area (Å²) in [6.45, 7) is 2.40. The first-order chi connectivity index (χ1) is 9.81. The van der Waals surface area contributed by atoms with Gasteiger partial charge in [-0.05, 0) is 22.3 Å². The van der Waals surface area contributed by atoms with Crippen LogP contribution in [0.2, 0.25) is 0 Å². The molecule has 0 bridgehead atoms. The summed E-state index contributed by atoms with van der Waals surface area (Å²) in [5.74, 6) is 0. The third-order valence-electron chi connectivity index (χ3n) is 3.17. The SMILES string of the molecule is COCc1cccc(CNCc2ccc(CO)cc2)c1. The van der Waals surface area contributed by atoms with E-state index in [4.69, 9.17) is 9.84 Å². The molecule has 0 saturated carbocycles. The molecule has 3 heteroatoms. The van der Waals surface area contributed by atoms with E-state index in [1.165, 1.54) is 16.7 Å². The van der Waals surface area contributed by atoms with Gasteiger partial charge < -0.3 is 15.2 Å². The van der Waals surface area contributed by atoms with Crippen molar-refractivity contribution in [3.05, 3.63) is 70.8 Å². The van der Waals surface area contributed by atoms with Gasteiger partial charge in [-0.1, -0.05) is 48.5 Å². The highest BCUT2D eigenvalue weighted by Crippen LogP contribution is 2.07. The molecule has 2 rings (SSSR count). The molecule has 0 aromatic heterocycles. The molecule has 0 radical (unpaired) electrons. The lowest BCUT2D eigenvalue weighted by atomic mass is 10.1. The van der Waals surface area contributed by atoms with Crippen molar-refractivity contribution in [2.45, 2.75) is 26.3 Å². The molecule has 2 aromatic rings. The summed E-state index contributed by atoms with van der Waals surface area (Å²) >= 11 is 0. The molecule has 0 atom stereocenters. The Morgan fingerprint density at radius 3 is 2.25 bits per heavy atom. The van der Waals surface area contributed by atoms with Gasteiger partial charge in [0.1, 0.15) is 0 Å². The molecule has 2 aromatic carbocycles. The van der Waals surface area contributed by atoms with E-state index in [1.54, 1.807) is 7.11 Å². The monoisotopic (exact) mass is 271 g/mol. The summed E-state index contributed by atoms with van der Waals surface area (Å²) in [7, 11) is 1.71. The zero-order chi connectivity index (χ0) is 14.2. The van der Waals surface area contributed by atoms with Crippen molar-refractivity contribution in [2.75, 3.05) is 7.11 Å². The summed E-state index contributed by atoms with van der Waals surface area (Å²) in [4.78, 5) is 0. The first-order valence-corrected chi connectivity index (χ1v) is 6.78. The lowest BCUT2D eigenvalue weighted by Gasteiger charge is -2.07. The summed E-state index contributed by atoms with van der Waals surface area (Å²) in [6.07, 6.45) is 0. The molecule has 0 unspecified atom stereocenters. The summed E-state index contributed by atoms with van der Waals surface area (Å²) in [5.41, 5.74) is 4.61. The number of methoxy groups -OCH3 is 1. The zero-order valence-corrected chi connectivity index (χ0v) is 11.8. The Hall–Kier alpha value is -1.68. The number of aliphatic hydroxyl groups is 1. The maximum atomic E-state index is 9.00. The predicted octanol–water partition coefficient (Wildman–Crippen LogP) is 2.62. The molecule has 0 heterocycles. The van der Waals surface area contributed by atoms with Gasteiger partial charge in [-0.2, -0.15) is 0 Å². The molecule has 2 N–H and O–H groups in total. The van der Waals surface area contributed by atoms with Gasteiger partial charge in [-0.3, -0.25) is 0 Å². The highest BCUT2D eigenvalue weighted by Gasteiger charge is 1.97. The Labute approximate surface area is 120 Å². The van der Waals surface area contributed by atoms with Crippen LogP contribution in [0.15, 0.2) is 48.5 Å². The summed E-state index contributed by atoms with van der Waals surface area (Å²) in [6, 6.07) is 16.4. The molecule has 0 aliphatic rings. The summed E-state index contributed by atoms with van der Waals surface area (Å²) in [5, 5.41) is 12.4. The average molecular weight is 271 g/mol. The van der Waals surface area contributed by atoms with E-state index in [0.717, 1.165) is 18.7 Å². The van der Waals surface area contributed by atoms with Gasteiger partial charge in [0.2, 0.25) is 0 Å². The van der Waals surface area contributed by atoms with Gasteiger partial charge in [0, 0.05) is 20.2 Å². The molecule has 0 saturated heterocycles. The molecule has 0 spiro atoms. The first kappa shape index (κ1) is 14.7. The first-order valence-electron chi connectivity index (χ1n) is 6.78. The minimum Gasteiger partial charge on any atom is -0.392 e. The van der Waals surface area contributed by atoms with Gasteiger partial charge in [0.25, 0.3) is 0 Å². The van der Waals surface area contributed by atoms with Crippen molar-refractivity contribution in [3.63, 3.8) is 0 Å². The Kier molecular flexibility index (Phi) is 5.74. The fraction of sp³-hybridized carbons (Fsp3) is 0.294. The van der Waals surface area contributed by atoms with E-state index < -0.39 is 0 Å². The van der Waals surface area contributed by atoms with E-state index in [0.29, 0.717) is 6.61 Å². The van der Waals surface area contributed by atoms with Crippen molar-refractivity contribution >= 4 is 0 Å². The van der Waals surface area contributed by atoms with Gasteiger partial charge in [-0.25, -0.2) is 0 Å². The van der Waals surface area contributed by atoms with Gasteiger partial charge in [-0.15, -0.1) is 0 Å². The van der Waals surface area contributed by atoms with Gasteiger partial charge in [0.15, 0.2) is 0 Å².